The van der Waals surface area contributed by atoms with Gasteiger partial charge in [-0.25, -0.2) is 0 Å². The summed E-state index contributed by atoms with van der Waals surface area (Å²) in [5, 5.41) is 1.53. The van der Waals surface area contributed by atoms with Gasteiger partial charge in [-0.3, -0.25) is 0 Å². The van der Waals surface area contributed by atoms with E-state index < -0.39 is 0 Å². The van der Waals surface area contributed by atoms with Crippen LogP contribution in [0.25, 0.3) is 11.1 Å². The lowest BCUT2D eigenvalue weighted by atomic mass is 10.1. The number of benzene rings is 2. The Bertz CT molecular complexity index is 527. The zero-order valence-electron chi connectivity index (χ0n) is 8.18. The summed E-state index contributed by atoms with van der Waals surface area (Å²) < 4.78 is 0. The summed E-state index contributed by atoms with van der Waals surface area (Å²) >= 11 is 15.7. The van der Waals surface area contributed by atoms with E-state index in [0.29, 0.717) is 0 Å². The van der Waals surface area contributed by atoms with E-state index in [1.807, 2.05) is 24.3 Å². The van der Waals surface area contributed by atoms with Crippen molar-refractivity contribution in [1.29, 1.82) is 0 Å². The van der Waals surface area contributed by atoms with Crippen molar-refractivity contribution in [2.75, 3.05) is 0 Å². The van der Waals surface area contributed by atoms with Gasteiger partial charge in [-0.05, 0) is 46.5 Å². The molecule has 0 amide bonds. The predicted molar refractivity (Wildman–Crippen MR) is 72.7 cm³/mol. The van der Waals surface area contributed by atoms with Crippen molar-refractivity contribution in [2.24, 2.45) is 0 Å². The second-order valence-electron chi connectivity index (χ2n) is 3.83. The fourth-order valence-corrected chi connectivity index (χ4v) is 3.26. The Balaban J connectivity index is 2.30. The van der Waals surface area contributed by atoms with Crippen molar-refractivity contribution < 1.29 is 0 Å². The molecular formula is C13H7BrCl2. The Kier molecular flexibility index (Phi) is 2.50. The van der Waals surface area contributed by atoms with E-state index in [1.54, 1.807) is 0 Å². The molecule has 80 valence electrons. The molecule has 1 aliphatic carbocycles. The van der Waals surface area contributed by atoms with E-state index in [-0.39, 0.29) is 4.83 Å². The lowest BCUT2D eigenvalue weighted by molar-refractivity contribution is 1.25. The van der Waals surface area contributed by atoms with Crippen LogP contribution in [0.4, 0.5) is 0 Å². The highest BCUT2D eigenvalue weighted by Crippen LogP contribution is 2.49. The Hall–Kier alpha value is -0.500. The third-order valence-corrected chi connectivity index (χ3v) is 4.32. The minimum Gasteiger partial charge on any atom is -0.0843 e. The summed E-state index contributed by atoms with van der Waals surface area (Å²) in [6, 6.07) is 12.0. The first kappa shape index (κ1) is 10.6. The molecule has 16 heavy (non-hydrogen) atoms. The van der Waals surface area contributed by atoms with Crippen LogP contribution in [0.15, 0.2) is 36.4 Å². The number of fused-ring (bicyclic) bond motifs is 3. The highest BCUT2D eigenvalue weighted by Gasteiger charge is 2.26. The maximum atomic E-state index is 6.02. The van der Waals surface area contributed by atoms with Crippen LogP contribution in [0.3, 0.4) is 0 Å². The van der Waals surface area contributed by atoms with Crippen LogP contribution in [0.1, 0.15) is 16.0 Å². The molecule has 0 spiro atoms. The quantitative estimate of drug-likeness (QED) is 0.567. The number of hydrogen-bond acceptors (Lipinski definition) is 0. The Morgan fingerprint density at radius 1 is 0.812 bits per heavy atom. The largest absolute Gasteiger partial charge is 0.0843 e. The van der Waals surface area contributed by atoms with Gasteiger partial charge >= 0.3 is 0 Å². The highest BCUT2D eigenvalue weighted by molar-refractivity contribution is 9.09. The van der Waals surface area contributed by atoms with Crippen LogP contribution in [-0.4, -0.2) is 0 Å². The van der Waals surface area contributed by atoms with Gasteiger partial charge in [-0.2, -0.15) is 0 Å². The molecule has 0 saturated carbocycles. The molecule has 0 saturated heterocycles. The second-order valence-corrected chi connectivity index (χ2v) is 5.61. The van der Waals surface area contributed by atoms with Crippen molar-refractivity contribution in [3.8, 4) is 11.1 Å². The van der Waals surface area contributed by atoms with Gasteiger partial charge in [0.05, 0.1) is 4.83 Å². The van der Waals surface area contributed by atoms with Gasteiger partial charge < -0.3 is 0 Å². The molecule has 0 nitrogen and oxygen atoms in total. The molecule has 0 N–H and O–H groups in total. The van der Waals surface area contributed by atoms with Crippen LogP contribution in [0, 0.1) is 0 Å². The van der Waals surface area contributed by atoms with Gasteiger partial charge in [0.2, 0.25) is 0 Å². The number of hydrogen-bond donors (Lipinski definition) is 0. The van der Waals surface area contributed by atoms with E-state index in [9.17, 15) is 0 Å². The van der Waals surface area contributed by atoms with Crippen LogP contribution in [-0.2, 0) is 0 Å². The number of rotatable bonds is 0. The smallest absolute Gasteiger partial charge is 0.0657 e. The molecule has 2 aromatic rings. The Morgan fingerprint density at radius 3 is 1.69 bits per heavy atom. The zero-order chi connectivity index (χ0) is 11.3. The molecule has 0 bridgehead atoms. The van der Waals surface area contributed by atoms with Crippen molar-refractivity contribution in [3.05, 3.63) is 57.6 Å². The summed E-state index contributed by atoms with van der Waals surface area (Å²) in [4.78, 5) is 0.190. The summed E-state index contributed by atoms with van der Waals surface area (Å²) in [6.07, 6.45) is 0. The molecule has 0 aliphatic heterocycles. The van der Waals surface area contributed by atoms with E-state index in [4.69, 9.17) is 23.2 Å². The normalized spacial score (nSPS) is 13.7. The molecule has 1 aliphatic rings. The fraction of sp³-hybridized carbons (Fsp3) is 0.0769. The minimum atomic E-state index is 0.190. The molecule has 0 heterocycles. The van der Waals surface area contributed by atoms with Crippen LogP contribution >= 0.6 is 39.1 Å². The molecule has 0 fully saturated rings. The molecule has 2 aromatic carbocycles. The van der Waals surface area contributed by atoms with Gasteiger partial charge in [0, 0.05) is 10.0 Å². The van der Waals surface area contributed by atoms with Crippen molar-refractivity contribution >= 4 is 39.1 Å². The monoisotopic (exact) mass is 312 g/mol. The molecular weight excluding hydrogens is 307 g/mol. The average molecular weight is 314 g/mol. The molecule has 0 unspecified atom stereocenters. The third kappa shape index (κ3) is 1.50. The first-order chi connectivity index (χ1) is 7.66. The van der Waals surface area contributed by atoms with E-state index in [2.05, 4.69) is 28.1 Å². The van der Waals surface area contributed by atoms with E-state index in [1.165, 1.54) is 22.3 Å². The van der Waals surface area contributed by atoms with Crippen molar-refractivity contribution in [2.45, 2.75) is 4.83 Å². The maximum absolute atomic E-state index is 6.02. The summed E-state index contributed by atoms with van der Waals surface area (Å²) in [7, 11) is 0. The van der Waals surface area contributed by atoms with Gasteiger partial charge in [0.15, 0.2) is 0 Å². The summed E-state index contributed by atoms with van der Waals surface area (Å²) in [6.45, 7) is 0. The maximum Gasteiger partial charge on any atom is 0.0657 e. The Labute approximate surface area is 112 Å². The lowest BCUT2D eigenvalue weighted by Gasteiger charge is -2.04. The molecule has 0 aromatic heterocycles. The first-order valence-electron chi connectivity index (χ1n) is 4.90. The van der Waals surface area contributed by atoms with Gasteiger partial charge in [-0.15, -0.1) is 0 Å². The zero-order valence-corrected chi connectivity index (χ0v) is 11.3. The number of alkyl halides is 1. The molecule has 0 atom stereocenters. The fourth-order valence-electron chi connectivity index (χ4n) is 2.14. The first-order valence-corrected chi connectivity index (χ1v) is 6.57. The topological polar surface area (TPSA) is 0 Å². The van der Waals surface area contributed by atoms with E-state index >= 15 is 0 Å². The summed E-state index contributed by atoms with van der Waals surface area (Å²) in [5.74, 6) is 0. The van der Waals surface area contributed by atoms with Gasteiger partial charge in [-0.1, -0.05) is 51.3 Å². The SMILES string of the molecule is Clc1ccc2c(c1)C(Br)c1cc(Cl)ccc1-2. The summed E-state index contributed by atoms with van der Waals surface area (Å²) in [5.41, 5.74) is 4.89. The molecule has 0 radical (unpaired) electrons. The molecule has 3 heteroatoms. The van der Waals surface area contributed by atoms with E-state index in [0.717, 1.165) is 10.0 Å². The van der Waals surface area contributed by atoms with Crippen molar-refractivity contribution in [1.82, 2.24) is 0 Å². The van der Waals surface area contributed by atoms with Gasteiger partial charge in [0.25, 0.3) is 0 Å². The third-order valence-electron chi connectivity index (χ3n) is 2.86. The highest BCUT2D eigenvalue weighted by atomic mass is 79.9. The Morgan fingerprint density at radius 2 is 1.25 bits per heavy atom. The predicted octanol–water partition coefficient (Wildman–Crippen LogP) is 5.46. The van der Waals surface area contributed by atoms with Crippen LogP contribution in [0.5, 0.6) is 0 Å². The average Bonchev–Trinajstić information content (AvgIpc) is 2.53. The minimum absolute atomic E-state index is 0.190. The molecule has 3 rings (SSSR count). The standard InChI is InChI=1S/C13H7BrCl2/c14-13-11-5-7(15)1-3-9(11)10-4-2-8(16)6-12(10)13/h1-6,13H. The van der Waals surface area contributed by atoms with Crippen LogP contribution in [0.2, 0.25) is 10.0 Å². The lowest BCUT2D eigenvalue weighted by Crippen LogP contribution is -1.85. The second kappa shape index (κ2) is 3.76. The number of halogens is 3. The van der Waals surface area contributed by atoms with Crippen molar-refractivity contribution in [3.63, 3.8) is 0 Å². The van der Waals surface area contributed by atoms with Crippen LogP contribution < -0.4 is 0 Å². The van der Waals surface area contributed by atoms with Gasteiger partial charge in [0.1, 0.15) is 0 Å².